The predicted octanol–water partition coefficient (Wildman–Crippen LogP) is 5.35. The number of Topliss-reactive ketones (excluding diaryl/α,β-unsaturated/α-hetero) is 1. The van der Waals surface area contributed by atoms with E-state index in [1.54, 1.807) is 0 Å². The van der Waals surface area contributed by atoms with Gasteiger partial charge < -0.3 is 4.74 Å². The third kappa shape index (κ3) is 6.56. The van der Waals surface area contributed by atoms with Gasteiger partial charge in [-0.05, 0) is 79.7 Å². The normalized spacial score (nSPS) is 17.4. The summed E-state index contributed by atoms with van der Waals surface area (Å²) in [5, 5.41) is 0. The monoisotopic (exact) mass is 469 g/mol. The van der Waals surface area contributed by atoms with Gasteiger partial charge in [-0.3, -0.25) is 19.6 Å². The molecule has 5 rings (SSSR count). The Hall–Kier alpha value is -3.02. The van der Waals surface area contributed by atoms with Crippen LogP contribution in [0.4, 0.5) is 0 Å². The number of ether oxygens (including phenoxy) is 1. The van der Waals surface area contributed by atoms with Crippen LogP contribution in [0.3, 0.4) is 0 Å². The first-order chi connectivity index (χ1) is 17.2. The smallest absolute Gasteiger partial charge is 0.162 e. The molecule has 0 amide bonds. The maximum atomic E-state index is 13.1. The molecule has 35 heavy (non-hydrogen) atoms. The average molecular weight is 470 g/mol. The van der Waals surface area contributed by atoms with Crippen molar-refractivity contribution >= 4 is 5.78 Å². The van der Waals surface area contributed by atoms with Crippen LogP contribution in [0.15, 0.2) is 73.1 Å². The first-order valence-corrected chi connectivity index (χ1v) is 12.9. The Morgan fingerprint density at radius 3 is 2.43 bits per heavy atom. The highest BCUT2D eigenvalue weighted by Gasteiger charge is 2.22. The van der Waals surface area contributed by atoms with Crippen molar-refractivity contribution < 1.29 is 9.53 Å². The summed E-state index contributed by atoms with van der Waals surface area (Å²) in [6, 6.07) is 20.7. The molecule has 3 heterocycles. The minimum Gasteiger partial charge on any atom is -0.492 e. The number of hydrogen-bond donors (Lipinski definition) is 0. The lowest BCUT2D eigenvalue weighted by Crippen LogP contribution is -2.33. The highest BCUT2D eigenvalue weighted by molar-refractivity contribution is 5.96. The molecule has 5 heteroatoms. The fourth-order valence-corrected chi connectivity index (χ4v) is 5.26. The standard InChI is InChI=1S/C30H35N3O2/c34-29(8-6-24-12-16-32(17-13-24)21-26-10-14-31-15-11-26)27-7-9-30-28(20-27)23-33(18-19-35-30)22-25-4-2-1-3-5-25/h1-5,7,9-11,14-15,20,24H,6,8,12-13,16-19,21-23H2. The molecule has 1 saturated heterocycles. The van der Waals surface area contributed by atoms with Gasteiger partial charge in [-0.25, -0.2) is 0 Å². The van der Waals surface area contributed by atoms with Crippen LogP contribution in [0.5, 0.6) is 5.75 Å². The molecule has 5 nitrogen and oxygen atoms in total. The summed E-state index contributed by atoms with van der Waals surface area (Å²) in [4.78, 5) is 22.1. The highest BCUT2D eigenvalue weighted by atomic mass is 16.5. The van der Waals surface area contributed by atoms with Crippen molar-refractivity contribution in [1.82, 2.24) is 14.8 Å². The number of piperidine rings is 1. The van der Waals surface area contributed by atoms with Gasteiger partial charge >= 0.3 is 0 Å². The van der Waals surface area contributed by atoms with E-state index in [-0.39, 0.29) is 5.78 Å². The molecule has 0 spiro atoms. The Morgan fingerprint density at radius 2 is 1.63 bits per heavy atom. The van der Waals surface area contributed by atoms with Crippen LogP contribution in [0, 0.1) is 5.92 Å². The van der Waals surface area contributed by atoms with E-state index >= 15 is 0 Å². The van der Waals surface area contributed by atoms with Gasteiger partial charge in [-0.15, -0.1) is 0 Å². The maximum Gasteiger partial charge on any atom is 0.162 e. The Kier molecular flexibility index (Phi) is 7.86. The lowest BCUT2D eigenvalue weighted by atomic mass is 9.90. The van der Waals surface area contributed by atoms with Crippen molar-refractivity contribution in [3.63, 3.8) is 0 Å². The topological polar surface area (TPSA) is 45.7 Å². The summed E-state index contributed by atoms with van der Waals surface area (Å²) < 4.78 is 6.00. The van der Waals surface area contributed by atoms with Gasteiger partial charge in [-0.1, -0.05) is 30.3 Å². The molecule has 2 aliphatic rings. The summed E-state index contributed by atoms with van der Waals surface area (Å²) in [6.45, 7) is 6.46. The number of likely N-dealkylation sites (tertiary alicyclic amines) is 1. The van der Waals surface area contributed by atoms with Gasteiger partial charge in [0.05, 0.1) is 0 Å². The van der Waals surface area contributed by atoms with E-state index in [4.69, 9.17) is 4.74 Å². The predicted molar refractivity (Wildman–Crippen MR) is 138 cm³/mol. The van der Waals surface area contributed by atoms with Crippen molar-refractivity contribution in [3.8, 4) is 5.75 Å². The molecule has 3 aromatic rings. The number of aromatic nitrogens is 1. The second-order valence-electron chi connectivity index (χ2n) is 9.90. The fourth-order valence-electron chi connectivity index (χ4n) is 5.26. The SMILES string of the molecule is O=C(CCC1CCN(Cc2ccncc2)CC1)c1ccc2c(c1)CN(Cc1ccccc1)CCO2. The first-order valence-electron chi connectivity index (χ1n) is 12.9. The zero-order valence-electron chi connectivity index (χ0n) is 20.4. The molecule has 182 valence electrons. The lowest BCUT2D eigenvalue weighted by Gasteiger charge is -2.31. The van der Waals surface area contributed by atoms with Crippen LogP contribution >= 0.6 is 0 Å². The van der Waals surface area contributed by atoms with E-state index in [1.807, 2.05) is 30.6 Å². The fraction of sp³-hybridized carbons (Fsp3) is 0.400. The number of pyridine rings is 1. The molecule has 1 aromatic heterocycles. The molecule has 0 N–H and O–H groups in total. The van der Waals surface area contributed by atoms with Crippen molar-refractivity contribution in [3.05, 3.63) is 95.3 Å². The van der Waals surface area contributed by atoms with Gasteiger partial charge in [0.15, 0.2) is 5.78 Å². The van der Waals surface area contributed by atoms with Crippen molar-refractivity contribution in [2.75, 3.05) is 26.2 Å². The molecule has 0 bridgehead atoms. The number of carbonyl (C=O) groups excluding carboxylic acids is 1. The molecule has 1 fully saturated rings. The molecule has 2 aliphatic heterocycles. The molecule has 0 unspecified atom stereocenters. The van der Waals surface area contributed by atoms with Crippen LogP contribution in [0.1, 0.15) is 52.7 Å². The summed E-state index contributed by atoms with van der Waals surface area (Å²) in [5.41, 5.74) is 4.57. The van der Waals surface area contributed by atoms with Crippen LogP contribution in [-0.2, 0) is 19.6 Å². The molecule has 0 atom stereocenters. The molecular formula is C30H35N3O2. The van der Waals surface area contributed by atoms with Gasteiger partial charge in [0.1, 0.15) is 12.4 Å². The number of benzene rings is 2. The summed E-state index contributed by atoms with van der Waals surface area (Å²) in [6.07, 6.45) is 7.68. The van der Waals surface area contributed by atoms with E-state index in [9.17, 15) is 4.79 Å². The number of hydrogen-bond acceptors (Lipinski definition) is 5. The van der Waals surface area contributed by atoms with Crippen molar-refractivity contribution in [1.29, 1.82) is 0 Å². The summed E-state index contributed by atoms with van der Waals surface area (Å²) in [7, 11) is 0. The molecule has 0 saturated carbocycles. The van der Waals surface area contributed by atoms with Crippen LogP contribution in [0.25, 0.3) is 0 Å². The largest absolute Gasteiger partial charge is 0.492 e. The Balaban J connectivity index is 1.12. The minimum absolute atomic E-state index is 0.255. The second kappa shape index (κ2) is 11.6. The molecule has 0 aliphatic carbocycles. The summed E-state index contributed by atoms with van der Waals surface area (Å²) in [5.74, 6) is 1.81. The third-order valence-electron chi connectivity index (χ3n) is 7.33. The molecular weight excluding hydrogens is 434 g/mol. The van der Waals surface area contributed by atoms with E-state index in [0.717, 1.165) is 62.6 Å². The average Bonchev–Trinajstić information content (AvgIpc) is 3.10. The number of carbonyl (C=O) groups is 1. The van der Waals surface area contributed by atoms with Gasteiger partial charge in [0.25, 0.3) is 0 Å². The van der Waals surface area contributed by atoms with Crippen molar-refractivity contribution in [2.45, 2.75) is 45.3 Å². The first kappa shape index (κ1) is 23.7. The van der Waals surface area contributed by atoms with E-state index in [0.29, 0.717) is 18.9 Å². The van der Waals surface area contributed by atoms with Crippen LogP contribution < -0.4 is 4.74 Å². The maximum absolute atomic E-state index is 13.1. The third-order valence-corrected chi connectivity index (χ3v) is 7.33. The Morgan fingerprint density at radius 1 is 0.886 bits per heavy atom. The number of nitrogens with zero attached hydrogens (tertiary/aromatic N) is 3. The van der Waals surface area contributed by atoms with Crippen molar-refractivity contribution in [2.24, 2.45) is 5.92 Å². The highest BCUT2D eigenvalue weighted by Crippen LogP contribution is 2.28. The van der Waals surface area contributed by atoms with Gasteiger partial charge in [0.2, 0.25) is 0 Å². The zero-order valence-corrected chi connectivity index (χ0v) is 20.4. The van der Waals surface area contributed by atoms with E-state index in [2.05, 4.69) is 57.2 Å². The Bertz CT molecular complexity index is 1100. The second-order valence-corrected chi connectivity index (χ2v) is 9.90. The van der Waals surface area contributed by atoms with E-state index in [1.165, 1.54) is 24.0 Å². The minimum atomic E-state index is 0.255. The molecule has 0 radical (unpaired) electrons. The Labute approximate surface area is 208 Å². The number of rotatable bonds is 8. The van der Waals surface area contributed by atoms with Crippen LogP contribution in [0.2, 0.25) is 0 Å². The molecule has 2 aromatic carbocycles. The lowest BCUT2D eigenvalue weighted by molar-refractivity contribution is 0.0961. The number of ketones is 1. The van der Waals surface area contributed by atoms with Gasteiger partial charge in [0, 0.05) is 56.1 Å². The zero-order chi connectivity index (χ0) is 23.9. The van der Waals surface area contributed by atoms with E-state index < -0.39 is 0 Å². The van der Waals surface area contributed by atoms with Crippen LogP contribution in [-0.4, -0.2) is 46.8 Å². The summed E-state index contributed by atoms with van der Waals surface area (Å²) >= 11 is 0. The van der Waals surface area contributed by atoms with Gasteiger partial charge in [-0.2, -0.15) is 0 Å². The number of fused-ring (bicyclic) bond motifs is 1. The quantitative estimate of drug-likeness (QED) is 0.416.